The summed E-state index contributed by atoms with van der Waals surface area (Å²) < 4.78 is 0. The number of amides is 1. The summed E-state index contributed by atoms with van der Waals surface area (Å²) in [6.45, 7) is 8.64. The van der Waals surface area contributed by atoms with E-state index in [9.17, 15) is 4.79 Å². The van der Waals surface area contributed by atoms with Crippen LogP contribution in [0, 0.1) is 5.41 Å². The lowest BCUT2D eigenvalue weighted by molar-refractivity contribution is -0.133. The molecule has 1 N–H and O–H groups in total. The van der Waals surface area contributed by atoms with Crippen LogP contribution in [0.15, 0.2) is 0 Å². The van der Waals surface area contributed by atoms with Crippen LogP contribution in [0.25, 0.3) is 0 Å². The van der Waals surface area contributed by atoms with Crippen LogP contribution in [0.5, 0.6) is 0 Å². The molecule has 0 radical (unpaired) electrons. The van der Waals surface area contributed by atoms with Crippen molar-refractivity contribution >= 4 is 18.3 Å². The Hall–Kier alpha value is -0.280. The van der Waals surface area contributed by atoms with Crippen molar-refractivity contribution in [2.75, 3.05) is 20.1 Å². The van der Waals surface area contributed by atoms with Crippen LogP contribution in [0.4, 0.5) is 0 Å². The predicted octanol–water partition coefficient (Wildman–Crippen LogP) is 2.44. The Kier molecular flexibility index (Phi) is 7.10. The largest absolute Gasteiger partial charge is 0.343 e. The van der Waals surface area contributed by atoms with Crippen molar-refractivity contribution < 1.29 is 4.79 Å². The molecule has 102 valence electrons. The molecule has 0 atom stereocenters. The van der Waals surface area contributed by atoms with Gasteiger partial charge in [-0.25, -0.2) is 0 Å². The molecule has 3 nitrogen and oxygen atoms in total. The van der Waals surface area contributed by atoms with Gasteiger partial charge in [-0.3, -0.25) is 4.79 Å². The molecular formula is C13H27ClN2O. The van der Waals surface area contributed by atoms with E-state index in [1.165, 1.54) is 0 Å². The van der Waals surface area contributed by atoms with E-state index >= 15 is 0 Å². The molecule has 0 aliphatic carbocycles. The quantitative estimate of drug-likeness (QED) is 0.847. The van der Waals surface area contributed by atoms with Crippen molar-refractivity contribution in [2.45, 2.75) is 52.5 Å². The van der Waals surface area contributed by atoms with E-state index in [4.69, 9.17) is 0 Å². The number of hydrogen-bond donors (Lipinski definition) is 1. The van der Waals surface area contributed by atoms with E-state index in [-0.39, 0.29) is 17.8 Å². The molecule has 0 unspecified atom stereocenters. The molecule has 1 aliphatic heterocycles. The summed E-state index contributed by atoms with van der Waals surface area (Å²) in [6.07, 6.45) is 3.85. The topological polar surface area (TPSA) is 32.3 Å². The number of nitrogens with one attached hydrogen (secondary N) is 1. The highest BCUT2D eigenvalue weighted by atomic mass is 35.5. The Balaban J connectivity index is 0.00000256. The maximum Gasteiger partial charge on any atom is 0.222 e. The summed E-state index contributed by atoms with van der Waals surface area (Å²) in [6, 6.07) is 0.453. The van der Waals surface area contributed by atoms with Crippen LogP contribution in [0.3, 0.4) is 0 Å². The summed E-state index contributed by atoms with van der Waals surface area (Å²) in [4.78, 5) is 14.0. The molecule has 1 saturated heterocycles. The molecule has 1 amide bonds. The first kappa shape index (κ1) is 16.7. The van der Waals surface area contributed by atoms with Gasteiger partial charge in [-0.05, 0) is 37.8 Å². The minimum absolute atomic E-state index is 0. The molecule has 1 fully saturated rings. The van der Waals surface area contributed by atoms with Crippen molar-refractivity contribution in [2.24, 2.45) is 5.41 Å². The van der Waals surface area contributed by atoms with Gasteiger partial charge in [0.1, 0.15) is 0 Å². The van der Waals surface area contributed by atoms with Crippen LogP contribution in [-0.2, 0) is 4.79 Å². The van der Waals surface area contributed by atoms with Gasteiger partial charge in [-0.15, -0.1) is 12.4 Å². The van der Waals surface area contributed by atoms with Gasteiger partial charge in [-0.1, -0.05) is 20.8 Å². The van der Waals surface area contributed by atoms with Gasteiger partial charge < -0.3 is 10.2 Å². The Labute approximate surface area is 112 Å². The molecule has 17 heavy (non-hydrogen) atoms. The fraction of sp³-hybridized carbons (Fsp3) is 0.923. The Morgan fingerprint density at radius 3 is 2.29 bits per heavy atom. The molecule has 0 saturated carbocycles. The van der Waals surface area contributed by atoms with Gasteiger partial charge in [0, 0.05) is 19.5 Å². The van der Waals surface area contributed by atoms with Gasteiger partial charge in [0.25, 0.3) is 0 Å². The van der Waals surface area contributed by atoms with Crippen molar-refractivity contribution in [3.8, 4) is 0 Å². The smallest absolute Gasteiger partial charge is 0.222 e. The number of nitrogens with zero attached hydrogens (tertiary/aromatic N) is 1. The standard InChI is InChI=1S/C13H26N2O.ClH/c1-13(2,3)8-5-12(16)15(4)11-6-9-14-10-7-11;/h11,14H,5-10H2,1-4H3;1H. The zero-order valence-electron chi connectivity index (χ0n) is 11.6. The fourth-order valence-electron chi connectivity index (χ4n) is 2.06. The number of carbonyl (C=O) groups is 1. The van der Waals surface area contributed by atoms with E-state index in [2.05, 4.69) is 26.1 Å². The summed E-state index contributed by atoms with van der Waals surface area (Å²) in [7, 11) is 1.96. The van der Waals surface area contributed by atoms with Crippen LogP contribution in [0.2, 0.25) is 0 Å². The molecular weight excluding hydrogens is 236 g/mol. The molecule has 1 rings (SSSR count). The van der Waals surface area contributed by atoms with Crippen LogP contribution in [0.1, 0.15) is 46.5 Å². The second-order valence-corrected chi connectivity index (χ2v) is 6.05. The second kappa shape index (κ2) is 7.22. The second-order valence-electron chi connectivity index (χ2n) is 6.05. The summed E-state index contributed by atoms with van der Waals surface area (Å²) in [5.74, 6) is 0.307. The third kappa shape index (κ3) is 6.27. The molecule has 0 bridgehead atoms. The van der Waals surface area contributed by atoms with Crippen LogP contribution >= 0.6 is 12.4 Å². The highest BCUT2D eigenvalue weighted by molar-refractivity contribution is 5.85. The molecule has 1 heterocycles. The van der Waals surface area contributed by atoms with Crippen LogP contribution < -0.4 is 5.32 Å². The van der Waals surface area contributed by atoms with E-state index in [1.54, 1.807) is 0 Å². The summed E-state index contributed by atoms with van der Waals surface area (Å²) >= 11 is 0. The van der Waals surface area contributed by atoms with Crippen molar-refractivity contribution in [3.63, 3.8) is 0 Å². The minimum Gasteiger partial charge on any atom is -0.343 e. The van der Waals surface area contributed by atoms with E-state index in [0.717, 1.165) is 32.4 Å². The molecule has 0 aromatic carbocycles. The van der Waals surface area contributed by atoms with E-state index < -0.39 is 0 Å². The third-order valence-electron chi connectivity index (χ3n) is 3.34. The van der Waals surface area contributed by atoms with Gasteiger partial charge in [0.15, 0.2) is 0 Å². The van der Waals surface area contributed by atoms with Crippen molar-refractivity contribution in [1.29, 1.82) is 0 Å². The fourth-order valence-corrected chi connectivity index (χ4v) is 2.06. The van der Waals surface area contributed by atoms with Crippen molar-refractivity contribution in [1.82, 2.24) is 10.2 Å². The van der Waals surface area contributed by atoms with E-state index in [0.29, 0.717) is 18.4 Å². The molecule has 0 aromatic heterocycles. The predicted molar refractivity (Wildman–Crippen MR) is 74.6 cm³/mol. The first-order valence-corrected chi connectivity index (χ1v) is 6.36. The third-order valence-corrected chi connectivity index (χ3v) is 3.34. The molecule has 0 aromatic rings. The lowest BCUT2D eigenvalue weighted by atomic mass is 9.90. The molecule has 1 aliphatic rings. The summed E-state index contributed by atoms with van der Waals surface area (Å²) in [5.41, 5.74) is 0.255. The average molecular weight is 263 g/mol. The summed E-state index contributed by atoms with van der Waals surface area (Å²) in [5, 5.41) is 3.33. The zero-order chi connectivity index (χ0) is 12.2. The monoisotopic (exact) mass is 262 g/mol. The number of carbonyl (C=O) groups excluding carboxylic acids is 1. The average Bonchev–Trinajstić information content (AvgIpc) is 2.25. The SMILES string of the molecule is CN(C(=O)CCC(C)(C)C)C1CCNCC1.Cl. The van der Waals surface area contributed by atoms with Gasteiger partial charge >= 0.3 is 0 Å². The Bertz CT molecular complexity index is 232. The van der Waals surface area contributed by atoms with E-state index in [1.807, 2.05) is 11.9 Å². The first-order chi connectivity index (χ1) is 7.40. The first-order valence-electron chi connectivity index (χ1n) is 6.36. The highest BCUT2D eigenvalue weighted by Gasteiger charge is 2.22. The lowest BCUT2D eigenvalue weighted by Crippen LogP contribution is -2.44. The number of halogens is 1. The zero-order valence-corrected chi connectivity index (χ0v) is 12.4. The highest BCUT2D eigenvalue weighted by Crippen LogP contribution is 2.22. The van der Waals surface area contributed by atoms with Gasteiger partial charge in [0.05, 0.1) is 0 Å². The Morgan fingerprint density at radius 1 is 1.29 bits per heavy atom. The molecule has 4 heteroatoms. The van der Waals surface area contributed by atoms with Gasteiger partial charge in [0.2, 0.25) is 5.91 Å². The Morgan fingerprint density at radius 2 is 1.82 bits per heavy atom. The molecule has 0 spiro atoms. The number of piperidine rings is 1. The normalized spacial score (nSPS) is 17.4. The number of hydrogen-bond acceptors (Lipinski definition) is 2. The maximum absolute atomic E-state index is 12.0. The minimum atomic E-state index is 0. The van der Waals surface area contributed by atoms with Crippen molar-refractivity contribution in [3.05, 3.63) is 0 Å². The van der Waals surface area contributed by atoms with Gasteiger partial charge in [-0.2, -0.15) is 0 Å². The number of rotatable bonds is 3. The maximum atomic E-state index is 12.0. The lowest BCUT2D eigenvalue weighted by Gasteiger charge is -2.32. The van der Waals surface area contributed by atoms with Crippen LogP contribution in [-0.4, -0.2) is 37.0 Å².